The van der Waals surface area contributed by atoms with Crippen LogP contribution >= 0.6 is 24.0 Å². The summed E-state index contributed by atoms with van der Waals surface area (Å²) >= 11 is 6.48. The molecule has 0 atom stereocenters. The molecule has 0 N–H and O–H groups in total. The van der Waals surface area contributed by atoms with E-state index in [0.29, 0.717) is 85.2 Å². The van der Waals surface area contributed by atoms with E-state index in [4.69, 9.17) is 36.1 Å². The van der Waals surface area contributed by atoms with E-state index in [1.807, 2.05) is 6.07 Å². The summed E-state index contributed by atoms with van der Waals surface area (Å²) in [5.41, 5.74) is 0.784. The lowest BCUT2D eigenvalue weighted by Gasteiger charge is -2.30. The zero-order valence-corrected chi connectivity index (χ0v) is 21.6. The van der Waals surface area contributed by atoms with Gasteiger partial charge in [0.2, 0.25) is 11.9 Å². The number of benzene rings is 1. The van der Waals surface area contributed by atoms with E-state index >= 15 is 0 Å². The van der Waals surface area contributed by atoms with Gasteiger partial charge in [0.25, 0.3) is 5.91 Å². The number of hydrogen-bond donors (Lipinski definition) is 0. The van der Waals surface area contributed by atoms with Crippen molar-refractivity contribution in [1.82, 2.24) is 19.9 Å². The average molecular weight is 531 g/mol. The average Bonchev–Trinajstić information content (AvgIpc) is 3.16. The second-order valence-corrected chi connectivity index (χ2v) is 9.85. The second kappa shape index (κ2) is 10.9. The van der Waals surface area contributed by atoms with E-state index in [1.54, 1.807) is 32.4 Å². The Labute approximate surface area is 218 Å². The fraction of sp³-hybridized carbons (Fsp3) is 0.435. The Morgan fingerprint density at radius 2 is 1.58 bits per heavy atom. The number of anilines is 2. The van der Waals surface area contributed by atoms with Gasteiger partial charge in [-0.3, -0.25) is 9.69 Å². The summed E-state index contributed by atoms with van der Waals surface area (Å²) in [4.78, 5) is 32.4. The smallest absolute Gasteiger partial charge is 0.328 e. The molecule has 4 heterocycles. The molecule has 0 unspecified atom stereocenters. The Morgan fingerprint density at radius 3 is 2.11 bits per heavy atom. The Kier molecular flexibility index (Phi) is 7.51. The molecule has 0 saturated carbocycles. The van der Waals surface area contributed by atoms with E-state index in [0.717, 1.165) is 5.56 Å². The van der Waals surface area contributed by atoms with Gasteiger partial charge in [-0.1, -0.05) is 30.0 Å². The van der Waals surface area contributed by atoms with Crippen LogP contribution in [0.4, 0.5) is 11.9 Å². The van der Waals surface area contributed by atoms with Crippen molar-refractivity contribution in [2.75, 3.05) is 76.6 Å². The van der Waals surface area contributed by atoms with Gasteiger partial charge in [-0.25, -0.2) is 0 Å². The first-order chi connectivity index (χ1) is 17.5. The molecule has 0 bridgehead atoms. The molecule has 1 aromatic carbocycles. The predicted octanol–water partition coefficient (Wildman–Crippen LogP) is 2.18. The number of thiocarbonyl (C=S) groups is 1. The number of amides is 1. The Morgan fingerprint density at radius 1 is 0.972 bits per heavy atom. The van der Waals surface area contributed by atoms with E-state index in [-0.39, 0.29) is 11.9 Å². The lowest BCUT2D eigenvalue weighted by atomic mass is 10.2. The van der Waals surface area contributed by atoms with Crippen LogP contribution in [-0.2, 0) is 14.3 Å². The minimum Gasteiger partial charge on any atom is -0.493 e. The maximum absolute atomic E-state index is 12.4. The number of methoxy groups -OCH3 is 1. The van der Waals surface area contributed by atoms with Crippen molar-refractivity contribution in [3.8, 4) is 17.5 Å². The first kappa shape index (κ1) is 24.7. The summed E-state index contributed by atoms with van der Waals surface area (Å²) < 4.78 is 23.2. The molecule has 3 aliphatic rings. The molecular formula is C23H26N6O5S2. The van der Waals surface area contributed by atoms with E-state index in [2.05, 4.69) is 19.8 Å². The highest BCUT2D eigenvalue weighted by atomic mass is 32.2. The van der Waals surface area contributed by atoms with Crippen molar-refractivity contribution >= 4 is 52.2 Å². The van der Waals surface area contributed by atoms with Crippen LogP contribution in [0.3, 0.4) is 0 Å². The Balaban J connectivity index is 1.43. The van der Waals surface area contributed by atoms with Crippen LogP contribution in [0, 0.1) is 0 Å². The molecule has 36 heavy (non-hydrogen) atoms. The second-order valence-electron chi connectivity index (χ2n) is 8.17. The van der Waals surface area contributed by atoms with Crippen LogP contribution in [0.15, 0.2) is 23.1 Å². The molecule has 190 valence electrons. The highest BCUT2D eigenvalue weighted by Gasteiger charge is 2.29. The van der Waals surface area contributed by atoms with Crippen LogP contribution in [0.5, 0.6) is 17.5 Å². The number of thioether (sulfide) groups is 1. The van der Waals surface area contributed by atoms with Gasteiger partial charge in [-0.05, 0) is 23.8 Å². The molecule has 2 aromatic rings. The molecule has 3 fully saturated rings. The van der Waals surface area contributed by atoms with Crippen molar-refractivity contribution < 1.29 is 23.7 Å². The van der Waals surface area contributed by atoms with Gasteiger partial charge in [0.15, 0.2) is 11.5 Å². The number of aromatic nitrogens is 3. The predicted molar refractivity (Wildman–Crippen MR) is 140 cm³/mol. The van der Waals surface area contributed by atoms with Crippen molar-refractivity contribution in [3.05, 3.63) is 28.7 Å². The van der Waals surface area contributed by atoms with E-state index < -0.39 is 0 Å². The maximum atomic E-state index is 12.4. The van der Waals surface area contributed by atoms with Crippen molar-refractivity contribution in [3.63, 3.8) is 0 Å². The monoisotopic (exact) mass is 530 g/mol. The van der Waals surface area contributed by atoms with Crippen LogP contribution in [-0.4, -0.2) is 96.8 Å². The molecular weight excluding hydrogens is 504 g/mol. The molecule has 1 aromatic heterocycles. The quantitative estimate of drug-likeness (QED) is 0.404. The molecule has 1 amide bonds. The van der Waals surface area contributed by atoms with Gasteiger partial charge >= 0.3 is 6.01 Å². The third-order valence-electron chi connectivity index (χ3n) is 5.85. The number of morpholine rings is 2. The van der Waals surface area contributed by atoms with Gasteiger partial charge in [-0.15, -0.1) is 0 Å². The lowest BCUT2D eigenvalue weighted by Crippen LogP contribution is -2.40. The fourth-order valence-electron chi connectivity index (χ4n) is 3.84. The number of nitrogens with zero attached hydrogens (tertiary/aromatic N) is 6. The maximum Gasteiger partial charge on any atom is 0.328 e. The normalized spacial score (nSPS) is 19.8. The van der Waals surface area contributed by atoms with E-state index in [1.165, 1.54) is 16.7 Å². The summed E-state index contributed by atoms with van der Waals surface area (Å²) in [5.74, 6) is 1.89. The summed E-state index contributed by atoms with van der Waals surface area (Å²) in [6, 6.07) is 5.58. The largest absolute Gasteiger partial charge is 0.493 e. The van der Waals surface area contributed by atoms with Crippen molar-refractivity contribution in [1.29, 1.82) is 0 Å². The number of rotatable bonds is 6. The van der Waals surface area contributed by atoms with Gasteiger partial charge in [0, 0.05) is 33.2 Å². The van der Waals surface area contributed by atoms with Gasteiger partial charge in [0.1, 0.15) is 4.32 Å². The van der Waals surface area contributed by atoms with Gasteiger partial charge in [-0.2, -0.15) is 15.0 Å². The molecule has 0 radical (unpaired) electrons. The van der Waals surface area contributed by atoms with Crippen LogP contribution in [0.25, 0.3) is 6.08 Å². The number of likely N-dealkylation sites (N-methyl/N-ethyl adjacent to an activating group) is 1. The first-order valence-corrected chi connectivity index (χ1v) is 12.7. The summed E-state index contributed by atoms with van der Waals surface area (Å²) in [6.45, 7) is 5.20. The zero-order chi connectivity index (χ0) is 25.1. The van der Waals surface area contributed by atoms with E-state index in [9.17, 15) is 4.79 Å². The molecule has 11 nitrogen and oxygen atoms in total. The summed E-state index contributed by atoms with van der Waals surface area (Å²) in [5, 5.41) is 0. The Bertz CT molecular complexity index is 1150. The SMILES string of the molecule is COc1cc(/C=C2/SC(=S)N(C)C2=O)ccc1Oc1nc(N2CCOCC2)nc(N2CCOCC2)n1. The molecule has 0 spiro atoms. The minimum absolute atomic E-state index is 0.124. The summed E-state index contributed by atoms with van der Waals surface area (Å²) in [7, 11) is 3.23. The third kappa shape index (κ3) is 5.38. The lowest BCUT2D eigenvalue weighted by molar-refractivity contribution is -0.121. The molecule has 3 saturated heterocycles. The Hall–Kier alpha value is -3.00. The molecule has 13 heteroatoms. The number of ether oxygens (including phenoxy) is 4. The highest BCUT2D eigenvalue weighted by molar-refractivity contribution is 8.26. The standard InChI is InChI=1S/C23H26N6O5S2/c1-27-19(30)18(36-23(27)35)14-15-3-4-16(17(13-15)31-2)34-22-25-20(28-5-9-32-10-6-28)24-21(26-22)29-7-11-33-12-8-29/h3-4,13-14H,5-12H2,1-2H3/b18-14+. The fourth-order valence-corrected chi connectivity index (χ4v) is 5.02. The van der Waals surface area contributed by atoms with Gasteiger partial charge < -0.3 is 28.7 Å². The topological polar surface area (TPSA) is 102 Å². The first-order valence-electron chi connectivity index (χ1n) is 11.5. The van der Waals surface area contributed by atoms with Gasteiger partial charge in [0.05, 0.1) is 38.4 Å². The molecule has 3 aliphatic heterocycles. The number of carbonyl (C=O) groups is 1. The van der Waals surface area contributed by atoms with Crippen LogP contribution in [0.1, 0.15) is 5.56 Å². The molecule has 0 aliphatic carbocycles. The number of hydrogen-bond acceptors (Lipinski definition) is 12. The van der Waals surface area contributed by atoms with Crippen molar-refractivity contribution in [2.24, 2.45) is 0 Å². The van der Waals surface area contributed by atoms with Crippen LogP contribution < -0.4 is 19.3 Å². The third-order valence-corrected chi connectivity index (χ3v) is 7.34. The van der Waals surface area contributed by atoms with Crippen molar-refractivity contribution in [2.45, 2.75) is 0 Å². The summed E-state index contributed by atoms with van der Waals surface area (Å²) in [6.07, 6.45) is 1.78. The molecule has 5 rings (SSSR count). The minimum atomic E-state index is -0.124. The highest BCUT2D eigenvalue weighted by Crippen LogP contribution is 2.35. The van der Waals surface area contributed by atoms with Crippen LogP contribution in [0.2, 0.25) is 0 Å². The number of carbonyl (C=O) groups excluding carboxylic acids is 1. The zero-order valence-electron chi connectivity index (χ0n) is 20.0.